The van der Waals surface area contributed by atoms with Crippen molar-refractivity contribution in [3.05, 3.63) is 0 Å². The molecule has 0 aliphatic carbocycles. The molecule has 138 valence electrons. The van der Waals surface area contributed by atoms with Crippen LogP contribution in [0.3, 0.4) is 0 Å². The predicted octanol–water partition coefficient (Wildman–Crippen LogP) is 1.66. The Morgan fingerprint density at radius 1 is 1.17 bits per heavy atom. The molecule has 0 spiro atoms. The molecule has 24 heavy (non-hydrogen) atoms. The van der Waals surface area contributed by atoms with E-state index in [1.807, 2.05) is 4.90 Å². The molecule has 0 aromatic heterocycles. The van der Waals surface area contributed by atoms with Gasteiger partial charge in [-0.05, 0) is 51.0 Å². The third-order valence-electron chi connectivity index (χ3n) is 5.52. The Labute approximate surface area is 146 Å². The molecule has 2 atom stereocenters. The molecular weight excluding hydrogens is 304 g/mol. The summed E-state index contributed by atoms with van der Waals surface area (Å²) in [6.07, 6.45) is 5.00. The van der Waals surface area contributed by atoms with E-state index >= 15 is 0 Å². The second-order valence-corrected chi connectivity index (χ2v) is 7.59. The predicted molar refractivity (Wildman–Crippen MR) is 95.8 cm³/mol. The summed E-state index contributed by atoms with van der Waals surface area (Å²) in [6, 6.07) is 0.438. The highest BCUT2D eigenvalue weighted by molar-refractivity contribution is 5.76. The number of hydrogen-bond donors (Lipinski definition) is 2. The van der Waals surface area contributed by atoms with E-state index in [-0.39, 0.29) is 11.9 Å². The van der Waals surface area contributed by atoms with E-state index in [0.29, 0.717) is 24.9 Å². The third kappa shape index (κ3) is 5.65. The fraction of sp³-hybridized carbons (Fsp3) is 0.889. The normalized spacial score (nSPS) is 24.5. The van der Waals surface area contributed by atoms with E-state index in [9.17, 15) is 9.59 Å². The molecule has 2 aliphatic heterocycles. The standard InChI is InChI=1S/C18H34N4O2/c1-14-5-4-8-22(13-14)15(2)12-20-18(24)21-9-6-16(7-10-21)11-17(23)19-3/h14-16H,4-13H2,1-3H3,(H,19,23)(H,20,24)/t14-,15-/m0/s1. The maximum atomic E-state index is 12.4. The average Bonchev–Trinajstić information content (AvgIpc) is 2.59. The van der Waals surface area contributed by atoms with Crippen LogP contribution in [0.2, 0.25) is 0 Å². The van der Waals surface area contributed by atoms with Crippen molar-refractivity contribution >= 4 is 11.9 Å². The van der Waals surface area contributed by atoms with Gasteiger partial charge in [-0.25, -0.2) is 4.79 Å². The molecular formula is C18H34N4O2. The Balaban J connectivity index is 1.67. The van der Waals surface area contributed by atoms with Crippen LogP contribution in [-0.2, 0) is 4.79 Å². The van der Waals surface area contributed by atoms with Gasteiger partial charge in [-0.15, -0.1) is 0 Å². The Hall–Kier alpha value is -1.30. The molecule has 6 heteroatoms. The van der Waals surface area contributed by atoms with Crippen LogP contribution in [0.5, 0.6) is 0 Å². The molecule has 2 aliphatic rings. The van der Waals surface area contributed by atoms with Crippen molar-refractivity contribution in [3.8, 4) is 0 Å². The summed E-state index contributed by atoms with van der Waals surface area (Å²) in [7, 11) is 1.68. The van der Waals surface area contributed by atoms with Crippen molar-refractivity contribution in [2.24, 2.45) is 11.8 Å². The Morgan fingerprint density at radius 3 is 2.50 bits per heavy atom. The quantitative estimate of drug-likeness (QED) is 0.801. The second kappa shape index (κ2) is 9.25. The zero-order chi connectivity index (χ0) is 17.5. The lowest BCUT2D eigenvalue weighted by atomic mass is 9.93. The van der Waals surface area contributed by atoms with Gasteiger partial charge in [0.1, 0.15) is 0 Å². The van der Waals surface area contributed by atoms with E-state index in [2.05, 4.69) is 29.4 Å². The zero-order valence-corrected chi connectivity index (χ0v) is 15.5. The molecule has 3 amide bonds. The van der Waals surface area contributed by atoms with E-state index < -0.39 is 0 Å². The number of hydrogen-bond acceptors (Lipinski definition) is 3. The highest BCUT2D eigenvalue weighted by Gasteiger charge is 2.25. The average molecular weight is 338 g/mol. The molecule has 0 aromatic carbocycles. The number of nitrogens with one attached hydrogen (secondary N) is 2. The zero-order valence-electron chi connectivity index (χ0n) is 15.5. The molecule has 0 unspecified atom stereocenters. The number of amides is 3. The molecule has 0 saturated carbocycles. The topological polar surface area (TPSA) is 64.7 Å². The van der Waals surface area contributed by atoms with Crippen LogP contribution in [0, 0.1) is 11.8 Å². The first-order valence-electron chi connectivity index (χ1n) is 9.47. The fourth-order valence-electron chi connectivity index (χ4n) is 3.81. The molecule has 0 aromatic rings. The van der Waals surface area contributed by atoms with Crippen molar-refractivity contribution in [2.45, 2.75) is 52.0 Å². The first-order chi connectivity index (χ1) is 11.5. The Kier molecular flexibility index (Phi) is 7.34. The summed E-state index contributed by atoms with van der Waals surface area (Å²) in [5.74, 6) is 1.27. The lowest BCUT2D eigenvalue weighted by molar-refractivity contribution is -0.121. The molecule has 2 saturated heterocycles. The molecule has 0 bridgehead atoms. The van der Waals surface area contributed by atoms with Crippen molar-refractivity contribution < 1.29 is 9.59 Å². The first-order valence-corrected chi connectivity index (χ1v) is 9.47. The highest BCUT2D eigenvalue weighted by Crippen LogP contribution is 2.20. The number of carbonyl (C=O) groups excluding carboxylic acids is 2. The molecule has 2 heterocycles. The summed E-state index contributed by atoms with van der Waals surface area (Å²) < 4.78 is 0. The third-order valence-corrected chi connectivity index (χ3v) is 5.52. The second-order valence-electron chi connectivity index (χ2n) is 7.59. The van der Waals surface area contributed by atoms with Gasteiger partial charge in [-0.2, -0.15) is 0 Å². The van der Waals surface area contributed by atoms with E-state index in [1.54, 1.807) is 7.05 Å². The van der Waals surface area contributed by atoms with Gasteiger partial charge in [0.25, 0.3) is 0 Å². The van der Waals surface area contributed by atoms with Gasteiger partial charge in [0.15, 0.2) is 0 Å². The molecule has 2 rings (SSSR count). The van der Waals surface area contributed by atoms with Gasteiger partial charge >= 0.3 is 6.03 Å². The largest absolute Gasteiger partial charge is 0.359 e. The SMILES string of the molecule is CNC(=O)CC1CCN(C(=O)NC[C@H](C)N2CCC[C@H](C)C2)CC1. The monoisotopic (exact) mass is 338 g/mol. The summed E-state index contributed by atoms with van der Waals surface area (Å²) >= 11 is 0. The van der Waals surface area contributed by atoms with Crippen LogP contribution in [0.4, 0.5) is 4.79 Å². The Bertz CT molecular complexity index is 421. The van der Waals surface area contributed by atoms with Crippen LogP contribution in [0.25, 0.3) is 0 Å². The minimum atomic E-state index is 0.0466. The van der Waals surface area contributed by atoms with Crippen molar-refractivity contribution in [1.82, 2.24) is 20.4 Å². The van der Waals surface area contributed by atoms with Crippen LogP contribution < -0.4 is 10.6 Å². The fourth-order valence-corrected chi connectivity index (χ4v) is 3.81. The van der Waals surface area contributed by atoms with Crippen LogP contribution in [0.15, 0.2) is 0 Å². The molecule has 0 radical (unpaired) electrons. The van der Waals surface area contributed by atoms with Gasteiger partial charge < -0.3 is 15.5 Å². The summed E-state index contributed by atoms with van der Waals surface area (Å²) in [5.41, 5.74) is 0. The summed E-state index contributed by atoms with van der Waals surface area (Å²) in [4.78, 5) is 28.2. The number of carbonyl (C=O) groups is 2. The maximum absolute atomic E-state index is 12.4. The Morgan fingerprint density at radius 2 is 1.88 bits per heavy atom. The van der Waals surface area contributed by atoms with E-state index in [0.717, 1.165) is 44.9 Å². The van der Waals surface area contributed by atoms with Crippen molar-refractivity contribution in [1.29, 1.82) is 0 Å². The lowest BCUT2D eigenvalue weighted by Crippen LogP contribution is -2.50. The number of urea groups is 1. The van der Waals surface area contributed by atoms with Crippen molar-refractivity contribution in [3.63, 3.8) is 0 Å². The first kappa shape index (κ1) is 19.0. The van der Waals surface area contributed by atoms with Crippen LogP contribution >= 0.6 is 0 Å². The van der Waals surface area contributed by atoms with Crippen molar-refractivity contribution in [2.75, 3.05) is 39.8 Å². The van der Waals surface area contributed by atoms with E-state index in [4.69, 9.17) is 0 Å². The molecule has 2 fully saturated rings. The minimum absolute atomic E-state index is 0.0466. The smallest absolute Gasteiger partial charge is 0.317 e. The highest BCUT2D eigenvalue weighted by atomic mass is 16.2. The lowest BCUT2D eigenvalue weighted by Gasteiger charge is -2.36. The maximum Gasteiger partial charge on any atom is 0.317 e. The van der Waals surface area contributed by atoms with Gasteiger partial charge in [-0.1, -0.05) is 6.92 Å². The van der Waals surface area contributed by atoms with E-state index in [1.165, 1.54) is 12.8 Å². The van der Waals surface area contributed by atoms with Crippen LogP contribution in [0.1, 0.15) is 46.0 Å². The number of rotatable bonds is 5. The molecule has 2 N–H and O–H groups in total. The summed E-state index contributed by atoms with van der Waals surface area (Å²) in [6.45, 7) is 9.01. The summed E-state index contributed by atoms with van der Waals surface area (Å²) in [5, 5.41) is 5.77. The van der Waals surface area contributed by atoms with Crippen LogP contribution in [-0.4, -0.2) is 67.6 Å². The van der Waals surface area contributed by atoms with Gasteiger partial charge in [-0.3, -0.25) is 9.69 Å². The van der Waals surface area contributed by atoms with Gasteiger partial charge in [0.2, 0.25) is 5.91 Å². The number of likely N-dealkylation sites (tertiary alicyclic amines) is 2. The minimum Gasteiger partial charge on any atom is -0.359 e. The number of piperidine rings is 2. The number of nitrogens with zero attached hydrogens (tertiary/aromatic N) is 2. The van der Waals surface area contributed by atoms with Gasteiger partial charge in [0.05, 0.1) is 0 Å². The molecule has 6 nitrogen and oxygen atoms in total. The van der Waals surface area contributed by atoms with Gasteiger partial charge in [0, 0.05) is 45.7 Å².